The number of ether oxygens (including phenoxy) is 1. The van der Waals surface area contributed by atoms with Crippen LogP contribution in [-0.4, -0.2) is 36.5 Å². The van der Waals surface area contributed by atoms with E-state index in [0.717, 1.165) is 36.5 Å². The van der Waals surface area contributed by atoms with E-state index in [9.17, 15) is 4.79 Å². The lowest BCUT2D eigenvalue weighted by molar-refractivity contribution is -0.114. The molecule has 20 heavy (non-hydrogen) atoms. The molecule has 1 aromatic carbocycles. The van der Waals surface area contributed by atoms with Crippen LogP contribution in [0.5, 0.6) is 5.75 Å². The Morgan fingerprint density at radius 2 is 2.15 bits per heavy atom. The molecule has 4 nitrogen and oxygen atoms in total. The Labute approximate surface area is 125 Å². The van der Waals surface area contributed by atoms with Crippen LogP contribution in [-0.2, 0) is 4.79 Å². The molecule has 5 heteroatoms. The van der Waals surface area contributed by atoms with E-state index in [2.05, 4.69) is 10.2 Å². The minimum Gasteiger partial charge on any atom is -0.492 e. The van der Waals surface area contributed by atoms with E-state index in [1.54, 1.807) is 0 Å². The molecule has 2 atom stereocenters. The molecule has 110 valence electrons. The quantitative estimate of drug-likeness (QED) is 0.908. The van der Waals surface area contributed by atoms with Crippen molar-refractivity contribution >= 4 is 24.0 Å². The summed E-state index contributed by atoms with van der Waals surface area (Å²) in [5.41, 5.74) is 0.806. The molecular formula is C15H21ClN2O2. The fraction of sp³-hybridized carbons (Fsp3) is 0.533. The molecule has 0 spiro atoms. The highest BCUT2D eigenvalue weighted by molar-refractivity contribution is 5.88. The van der Waals surface area contributed by atoms with Crippen LogP contribution in [0.25, 0.3) is 0 Å². The van der Waals surface area contributed by atoms with Gasteiger partial charge in [0.05, 0.1) is 0 Å². The predicted octanol–water partition coefficient (Wildman–Crippen LogP) is 2.54. The third-order valence-electron chi connectivity index (χ3n) is 3.96. The summed E-state index contributed by atoms with van der Waals surface area (Å²) in [5, 5.41) is 2.74. The van der Waals surface area contributed by atoms with Gasteiger partial charge in [0, 0.05) is 25.2 Å². The van der Waals surface area contributed by atoms with E-state index in [0.29, 0.717) is 0 Å². The minimum atomic E-state index is -0.0540. The van der Waals surface area contributed by atoms with Gasteiger partial charge in [0.2, 0.25) is 5.91 Å². The fourth-order valence-electron chi connectivity index (χ4n) is 2.88. The number of rotatable bonds is 5. The average molecular weight is 297 g/mol. The highest BCUT2D eigenvalue weighted by Crippen LogP contribution is 2.43. The Hall–Kier alpha value is -1.26. The van der Waals surface area contributed by atoms with E-state index < -0.39 is 0 Å². The summed E-state index contributed by atoms with van der Waals surface area (Å²) >= 11 is 0. The predicted molar refractivity (Wildman–Crippen MR) is 81.6 cm³/mol. The standard InChI is InChI=1S/C15H20N2O2.ClH/c1-11(18)16-13-2-4-14(5-3-13)19-9-8-17-7-6-12-10-15(12)17;/h2-5,12,15H,6-10H2,1H3,(H,16,18);1H. The molecule has 0 radical (unpaired) electrons. The topological polar surface area (TPSA) is 41.6 Å². The second-order valence-corrected chi connectivity index (χ2v) is 5.44. The maximum atomic E-state index is 10.9. The first-order chi connectivity index (χ1) is 9.22. The SMILES string of the molecule is CC(=O)Nc1ccc(OCCN2CCC3CC32)cc1.Cl. The number of hydrogen-bond acceptors (Lipinski definition) is 3. The normalized spacial score (nSPS) is 23.6. The van der Waals surface area contributed by atoms with Crippen LogP contribution in [0.2, 0.25) is 0 Å². The van der Waals surface area contributed by atoms with Gasteiger partial charge in [-0.15, -0.1) is 12.4 Å². The number of benzene rings is 1. The summed E-state index contributed by atoms with van der Waals surface area (Å²) in [4.78, 5) is 13.4. The molecular weight excluding hydrogens is 276 g/mol. The monoisotopic (exact) mass is 296 g/mol. The van der Waals surface area contributed by atoms with Gasteiger partial charge in [0.25, 0.3) is 0 Å². The molecule has 1 saturated heterocycles. The summed E-state index contributed by atoms with van der Waals surface area (Å²) < 4.78 is 5.74. The molecule has 3 rings (SSSR count). The van der Waals surface area contributed by atoms with Gasteiger partial charge in [-0.25, -0.2) is 0 Å². The first-order valence-corrected chi connectivity index (χ1v) is 6.97. The van der Waals surface area contributed by atoms with Crippen LogP contribution in [0.15, 0.2) is 24.3 Å². The number of carbonyl (C=O) groups is 1. The van der Waals surface area contributed by atoms with Crippen LogP contribution < -0.4 is 10.1 Å². The summed E-state index contributed by atoms with van der Waals surface area (Å²) in [7, 11) is 0. The molecule has 1 amide bonds. The van der Waals surface area contributed by atoms with Gasteiger partial charge in [-0.1, -0.05) is 0 Å². The smallest absolute Gasteiger partial charge is 0.221 e. The number of piperidine rings is 1. The second-order valence-electron chi connectivity index (χ2n) is 5.44. The van der Waals surface area contributed by atoms with Gasteiger partial charge >= 0.3 is 0 Å². The van der Waals surface area contributed by atoms with Crippen LogP contribution >= 0.6 is 12.4 Å². The molecule has 2 unspecified atom stereocenters. The number of amides is 1. The highest BCUT2D eigenvalue weighted by atomic mass is 35.5. The van der Waals surface area contributed by atoms with Gasteiger partial charge < -0.3 is 10.1 Å². The average Bonchev–Trinajstić information content (AvgIpc) is 3.06. The van der Waals surface area contributed by atoms with Gasteiger partial charge in [-0.05, 0) is 49.6 Å². The van der Waals surface area contributed by atoms with Crippen molar-refractivity contribution < 1.29 is 9.53 Å². The third-order valence-corrected chi connectivity index (χ3v) is 3.96. The van der Waals surface area contributed by atoms with Crippen molar-refractivity contribution in [2.24, 2.45) is 5.92 Å². The number of nitrogens with one attached hydrogen (secondary N) is 1. The van der Waals surface area contributed by atoms with Crippen molar-refractivity contribution in [3.8, 4) is 5.75 Å². The van der Waals surface area contributed by atoms with Crippen LogP contribution in [0.1, 0.15) is 19.8 Å². The fourth-order valence-corrected chi connectivity index (χ4v) is 2.88. The number of fused-ring (bicyclic) bond motifs is 1. The van der Waals surface area contributed by atoms with Gasteiger partial charge in [0.1, 0.15) is 12.4 Å². The van der Waals surface area contributed by atoms with E-state index in [1.165, 1.54) is 26.3 Å². The van der Waals surface area contributed by atoms with Crippen LogP contribution in [0, 0.1) is 5.92 Å². The molecule has 0 aromatic heterocycles. The maximum absolute atomic E-state index is 10.9. The zero-order chi connectivity index (χ0) is 13.2. The first kappa shape index (κ1) is 15.1. The van der Waals surface area contributed by atoms with Crippen molar-refractivity contribution in [2.45, 2.75) is 25.8 Å². The van der Waals surface area contributed by atoms with Gasteiger partial charge in [0.15, 0.2) is 0 Å². The molecule has 1 aromatic rings. The number of nitrogens with zero attached hydrogens (tertiary/aromatic N) is 1. The molecule has 1 heterocycles. The van der Waals surface area contributed by atoms with E-state index in [4.69, 9.17) is 4.74 Å². The van der Waals surface area contributed by atoms with E-state index in [-0.39, 0.29) is 18.3 Å². The number of carbonyl (C=O) groups excluding carboxylic acids is 1. The van der Waals surface area contributed by atoms with Crippen molar-refractivity contribution in [2.75, 3.05) is 25.0 Å². The van der Waals surface area contributed by atoms with Crippen LogP contribution in [0.3, 0.4) is 0 Å². The zero-order valence-corrected chi connectivity index (χ0v) is 12.5. The van der Waals surface area contributed by atoms with E-state index in [1.807, 2.05) is 24.3 Å². The van der Waals surface area contributed by atoms with Crippen molar-refractivity contribution in [3.05, 3.63) is 24.3 Å². The molecule has 0 bridgehead atoms. The molecule has 1 N–H and O–H groups in total. The third kappa shape index (κ3) is 3.64. The summed E-state index contributed by atoms with van der Waals surface area (Å²) in [6.07, 6.45) is 2.77. The Kier molecular flexibility index (Phi) is 4.89. The van der Waals surface area contributed by atoms with E-state index >= 15 is 0 Å². The van der Waals surface area contributed by atoms with Crippen molar-refractivity contribution in [1.82, 2.24) is 4.90 Å². The summed E-state index contributed by atoms with van der Waals surface area (Å²) in [6, 6.07) is 8.38. The van der Waals surface area contributed by atoms with Crippen molar-refractivity contribution in [1.29, 1.82) is 0 Å². The largest absolute Gasteiger partial charge is 0.492 e. The Morgan fingerprint density at radius 3 is 2.70 bits per heavy atom. The number of anilines is 1. The minimum absolute atomic E-state index is 0. The summed E-state index contributed by atoms with van der Waals surface area (Å²) in [6.45, 7) is 4.50. The molecule has 1 aliphatic heterocycles. The lowest BCUT2D eigenvalue weighted by Gasteiger charge is -2.17. The molecule has 1 aliphatic carbocycles. The highest BCUT2D eigenvalue weighted by Gasteiger charge is 2.46. The van der Waals surface area contributed by atoms with Crippen LogP contribution in [0.4, 0.5) is 5.69 Å². The Bertz CT molecular complexity index is 463. The maximum Gasteiger partial charge on any atom is 0.221 e. The molecule has 1 saturated carbocycles. The number of likely N-dealkylation sites (tertiary alicyclic amines) is 1. The first-order valence-electron chi connectivity index (χ1n) is 6.97. The molecule has 2 aliphatic rings. The molecule has 2 fully saturated rings. The lowest BCUT2D eigenvalue weighted by atomic mass is 10.3. The Morgan fingerprint density at radius 1 is 1.40 bits per heavy atom. The van der Waals surface area contributed by atoms with Gasteiger partial charge in [-0.3, -0.25) is 9.69 Å². The second kappa shape index (κ2) is 6.46. The lowest BCUT2D eigenvalue weighted by Crippen LogP contribution is -2.28. The van der Waals surface area contributed by atoms with Gasteiger partial charge in [-0.2, -0.15) is 0 Å². The number of hydrogen-bond donors (Lipinski definition) is 1. The summed E-state index contributed by atoms with van der Waals surface area (Å²) in [5.74, 6) is 1.79. The van der Waals surface area contributed by atoms with Crippen molar-refractivity contribution in [3.63, 3.8) is 0 Å². The Balaban J connectivity index is 0.00000147. The zero-order valence-electron chi connectivity index (χ0n) is 11.7. The number of halogens is 1.